The molecule has 0 saturated heterocycles. The number of rotatable bonds is 5. The second-order valence-electron chi connectivity index (χ2n) is 10.9. The minimum atomic E-state index is -0.509. The number of halogens is 1. The van der Waals surface area contributed by atoms with Gasteiger partial charge in [0.2, 0.25) is 5.24 Å². The van der Waals surface area contributed by atoms with Crippen molar-refractivity contribution in [2.45, 2.75) is 66.2 Å². The van der Waals surface area contributed by atoms with Crippen LogP contribution in [0.4, 0.5) is 0 Å². The number of aliphatic hydroxyl groups excluding tert-OH is 1. The van der Waals surface area contributed by atoms with Gasteiger partial charge in [-0.05, 0) is 103 Å². The number of carbonyl (C=O) groups is 2. The van der Waals surface area contributed by atoms with Crippen LogP contribution in [0.25, 0.3) is 0 Å². The van der Waals surface area contributed by atoms with Crippen molar-refractivity contribution in [2.75, 3.05) is 13.2 Å². The molecule has 1 N–H and O–H groups in total. The Kier molecular flexibility index (Phi) is 8.98. The zero-order chi connectivity index (χ0) is 23.4. The van der Waals surface area contributed by atoms with E-state index < -0.39 is 5.24 Å². The van der Waals surface area contributed by atoms with Crippen LogP contribution in [-0.4, -0.2) is 29.5 Å². The molecule has 6 aliphatic carbocycles. The number of carbonyl (C=O) groups excluding carboxylic acids is 2. The third-order valence-electron chi connectivity index (χ3n) is 9.00. The molecule has 6 atom stereocenters. The maximum Gasteiger partial charge on any atom is 0.330 e. The molecule has 0 aliphatic heterocycles. The SMILES string of the molecule is C=CC(=O)Cl.C=CC(=O)OC[C@@H]1CC[C@H]2C[C@@H]1C2(C)C.CC1(C)[C@H]2CC[C@@H](CO)[C@@H]1C2. The Bertz CT molecular complexity index is 664. The predicted octanol–water partition coefficient (Wildman–Crippen LogP) is 5.78. The summed E-state index contributed by atoms with van der Waals surface area (Å²) in [6.45, 7) is 16.9. The van der Waals surface area contributed by atoms with Gasteiger partial charge in [-0.15, -0.1) is 0 Å². The minimum Gasteiger partial charge on any atom is -0.462 e. The van der Waals surface area contributed by atoms with E-state index in [1.807, 2.05) is 0 Å². The molecule has 31 heavy (non-hydrogen) atoms. The summed E-state index contributed by atoms with van der Waals surface area (Å²) in [4.78, 5) is 20.5. The highest BCUT2D eigenvalue weighted by Crippen LogP contribution is 2.62. The van der Waals surface area contributed by atoms with Crippen molar-refractivity contribution in [1.82, 2.24) is 0 Å². The molecule has 0 spiro atoms. The van der Waals surface area contributed by atoms with E-state index in [1.54, 1.807) is 0 Å². The van der Waals surface area contributed by atoms with Crippen molar-refractivity contribution in [1.29, 1.82) is 0 Å². The average Bonchev–Trinajstić information content (AvgIpc) is 2.77. The molecule has 0 unspecified atom stereocenters. The molecule has 0 amide bonds. The molecule has 6 aliphatic rings. The van der Waals surface area contributed by atoms with Crippen molar-refractivity contribution in [2.24, 2.45) is 46.3 Å². The molecule has 5 heteroatoms. The largest absolute Gasteiger partial charge is 0.462 e. The Labute approximate surface area is 193 Å². The third-order valence-corrected chi connectivity index (χ3v) is 9.16. The van der Waals surface area contributed by atoms with Crippen molar-refractivity contribution in [3.63, 3.8) is 0 Å². The van der Waals surface area contributed by atoms with Crippen LogP contribution in [0.1, 0.15) is 66.2 Å². The molecule has 0 aromatic carbocycles. The highest BCUT2D eigenvalue weighted by Gasteiger charge is 2.54. The first-order chi connectivity index (χ1) is 14.5. The minimum absolute atomic E-state index is 0.283. The Morgan fingerprint density at radius 1 is 0.935 bits per heavy atom. The second-order valence-corrected chi connectivity index (χ2v) is 11.3. The lowest BCUT2D eigenvalue weighted by atomic mass is 9.46. The molecule has 0 aromatic heterocycles. The van der Waals surface area contributed by atoms with Crippen molar-refractivity contribution < 1.29 is 19.4 Å². The smallest absolute Gasteiger partial charge is 0.330 e. The Morgan fingerprint density at radius 3 is 1.71 bits per heavy atom. The van der Waals surface area contributed by atoms with E-state index in [-0.39, 0.29) is 5.97 Å². The molecule has 0 heterocycles. The van der Waals surface area contributed by atoms with Gasteiger partial charge < -0.3 is 9.84 Å². The number of ether oxygens (including phenoxy) is 1. The molecule has 176 valence electrons. The summed E-state index contributed by atoms with van der Waals surface area (Å²) >= 11 is 4.71. The van der Waals surface area contributed by atoms with Crippen molar-refractivity contribution >= 4 is 22.8 Å². The normalized spacial score (nSPS) is 35.3. The van der Waals surface area contributed by atoms with Crippen LogP contribution in [0, 0.1) is 46.3 Å². The fourth-order valence-electron chi connectivity index (χ4n) is 6.59. The van der Waals surface area contributed by atoms with E-state index in [0.717, 1.165) is 29.7 Å². The summed E-state index contributed by atoms with van der Waals surface area (Å²) in [5, 5.41) is 8.61. The Morgan fingerprint density at radius 2 is 1.39 bits per heavy atom. The van der Waals surface area contributed by atoms with Crippen LogP contribution in [0.2, 0.25) is 0 Å². The zero-order valence-corrected chi connectivity index (χ0v) is 20.5. The summed E-state index contributed by atoms with van der Waals surface area (Å²) < 4.78 is 5.16. The van der Waals surface area contributed by atoms with Gasteiger partial charge in [0.1, 0.15) is 0 Å². The number of hydrogen-bond donors (Lipinski definition) is 1. The molecule has 0 radical (unpaired) electrons. The molecule has 6 saturated carbocycles. The van der Waals surface area contributed by atoms with Gasteiger partial charge in [0.25, 0.3) is 0 Å². The fraction of sp³-hybridized carbons (Fsp3) is 0.769. The van der Waals surface area contributed by atoms with Gasteiger partial charge >= 0.3 is 5.97 Å². The van der Waals surface area contributed by atoms with Crippen molar-refractivity contribution in [3.05, 3.63) is 25.3 Å². The van der Waals surface area contributed by atoms with Gasteiger partial charge in [-0.25, -0.2) is 4.79 Å². The number of hydrogen-bond acceptors (Lipinski definition) is 4. The van der Waals surface area contributed by atoms with E-state index in [0.29, 0.717) is 35.9 Å². The lowest BCUT2D eigenvalue weighted by Crippen LogP contribution is -2.53. The van der Waals surface area contributed by atoms with Crippen LogP contribution < -0.4 is 0 Å². The van der Waals surface area contributed by atoms with E-state index >= 15 is 0 Å². The van der Waals surface area contributed by atoms with Crippen LogP contribution in [0.3, 0.4) is 0 Å². The van der Waals surface area contributed by atoms with Gasteiger partial charge in [0.15, 0.2) is 0 Å². The Hall–Kier alpha value is -1.13. The van der Waals surface area contributed by atoms with Gasteiger partial charge in [-0.1, -0.05) is 40.9 Å². The van der Waals surface area contributed by atoms with E-state index in [2.05, 4.69) is 40.9 Å². The second kappa shape index (κ2) is 10.7. The lowest BCUT2D eigenvalue weighted by molar-refractivity contribution is -0.151. The highest BCUT2D eigenvalue weighted by atomic mass is 35.5. The maximum atomic E-state index is 11.0. The average molecular weight is 453 g/mol. The summed E-state index contributed by atoms with van der Waals surface area (Å²) in [5.74, 6) is 4.38. The maximum absolute atomic E-state index is 11.0. The van der Waals surface area contributed by atoms with Crippen molar-refractivity contribution in [3.8, 4) is 0 Å². The molecule has 4 bridgehead atoms. The zero-order valence-electron chi connectivity index (χ0n) is 19.7. The summed E-state index contributed by atoms with van der Waals surface area (Å²) in [7, 11) is 0. The van der Waals surface area contributed by atoms with E-state index in [4.69, 9.17) is 21.4 Å². The first-order valence-electron chi connectivity index (χ1n) is 11.7. The first-order valence-corrected chi connectivity index (χ1v) is 12.1. The highest BCUT2D eigenvalue weighted by molar-refractivity contribution is 6.66. The quantitative estimate of drug-likeness (QED) is 0.326. The molecule has 6 fully saturated rings. The van der Waals surface area contributed by atoms with Crippen LogP contribution in [-0.2, 0) is 14.3 Å². The van der Waals surface area contributed by atoms with Gasteiger partial charge in [0.05, 0.1) is 6.61 Å². The lowest BCUT2D eigenvalue weighted by Gasteiger charge is -2.60. The number of aliphatic hydroxyl groups is 1. The van der Waals surface area contributed by atoms with E-state index in [1.165, 1.54) is 44.6 Å². The van der Waals surface area contributed by atoms with Gasteiger partial charge in [-0.2, -0.15) is 0 Å². The standard InChI is InChI=1S/C13H20O2.C10H18O.C3H3ClO/c1-4-12(14)15-8-9-5-6-10-7-11(9)13(10,2)3;1-10(2)8-4-3-7(6-11)9(10)5-8;1-2-3(4)5/h4,9-11H,1,5-8H2,2-3H3;7-9,11H,3-6H2,1-2H3;2H,1H2/t9-,10-,11-;7-,8-,9-;/m00./s1. The van der Waals surface area contributed by atoms with Crippen LogP contribution in [0.5, 0.6) is 0 Å². The van der Waals surface area contributed by atoms with E-state index in [9.17, 15) is 9.59 Å². The first kappa shape index (κ1) is 26.1. The van der Waals surface area contributed by atoms with Crippen LogP contribution in [0.15, 0.2) is 25.3 Å². The third kappa shape index (κ3) is 5.82. The summed E-state index contributed by atoms with van der Waals surface area (Å²) in [6.07, 6.45) is 10.2. The fourth-order valence-corrected chi connectivity index (χ4v) is 6.59. The predicted molar refractivity (Wildman–Crippen MR) is 126 cm³/mol. The topological polar surface area (TPSA) is 63.6 Å². The summed E-state index contributed by atoms with van der Waals surface area (Å²) in [5.41, 5.74) is 1.02. The number of allylic oxidation sites excluding steroid dienone is 1. The molecule has 0 aromatic rings. The summed E-state index contributed by atoms with van der Waals surface area (Å²) in [6, 6.07) is 0. The van der Waals surface area contributed by atoms with Gasteiger partial charge in [0, 0.05) is 12.7 Å². The molecular formula is C26H41ClO4. The molecular weight excluding hydrogens is 412 g/mol. The Balaban J connectivity index is 0.000000187. The number of fused-ring (bicyclic) bond motifs is 4. The van der Waals surface area contributed by atoms with Crippen LogP contribution >= 0.6 is 11.6 Å². The van der Waals surface area contributed by atoms with Gasteiger partial charge in [-0.3, -0.25) is 4.79 Å². The number of esters is 1. The molecule has 6 rings (SSSR count). The monoisotopic (exact) mass is 452 g/mol. The molecule has 4 nitrogen and oxygen atoms in total.